The number of aromatic amines is 2. The second-order valence-electron chi connectivity index (χ2n) is 7.85. The van der Waals surface area contributed by atoms with E-state index in [4.69, 9.17) is 11.6 Å². The molecule has 1 heterocycles. The molecule has 3 aromatic rings. The predicted molar refractivity (Wildman–Crippen MR) is 118 cm³/mol. The third-order valence-corrected chi connectivity index (χ3v) is 5.99. The van der Waals surface area contributed by atoms with Crippen LogP contribution in [0.5, 0.6) is 0 Å². The van der Waals surface area contributed by atoms with Crippen molar-refractivity contribution in [2.75, 3.05) is 0 Å². The first-order valence-electron chi connectivity index (χ1n) is 10.2. The summed E-state index contributed by atoms with van der Waals surface area (Å²) in [5.41, 5.74) is 0.850. The lowest BCUT2D eigenvalue weighted by Crippen LogP contribution is -2.30. The second-order valence-corrected chi connectivity index (χ2v) is 8.29. The third-order valence-electron chi connectivity index (χ3n) is 5.75. The second kappa shape index (κ2) is 8.82. The summed E-state index contributed by atoms with van der Waals surface area (Å²) < 4.78 is 40.5. The zero-order chi connectivity index (χ0) is 22.9. The van der Waals surface area contributed by atoms with Gasteiger partial charge in [-0.25, -0.2) is 4.79 Å². The van der Waals surface area contributed by atoms with Crippen LogP contribution in [-0.4, -0.2) is 9.97 Å². The smallest absolute Gasteiger partial charge is 0.311 e. The molecule has 1 aliphatic carbocycles. The summed E-state index contributed by atoms with van der Waals surface area (Å²) in [6.07, 6.45) is -1.10. The third kappa shape index (κ3) is 4.72. The number of halogens is 4. The van der Waals surface area contributed by atoms with Crippen LogP contribution in [0.25, 0.3) is 5.57 Å². The Morgan fingerprint density at radius 1 is 1.03 bits per heavy atom. The number of benzene rings is 2. The zero-order valence-corrected chi connectivity index (χ0v) is 17.7. The molecule has 1 aliphatic rings. The van der Waals surface area contributed by atoms with Gasteiger partial charge in [-0.3, -0.25) is 9.78 Å². The van der Waals surface area contributed by atoms with Crippen LogP contribution in [0.4, 0.5) is 13.2 Å². The van der Waals surface area contributed by atoms with Crippen molar-refractivity contribution in [1.82, 2.24) is 9.97 Å². The molecule has 166 valence electrons. The first kappa shape index (κ1) is 22.1. The molecule has 0 spiro atoms. The maximum atomic E-state index is 13.5. The van der Waals surface area contributed by atoms with E-state index in [1.165, 1.54) is 12.1 Å². The van der Waals surface area contributed by atoms with Gasteiger partial charge in [0.1, 0.15) is 0 Å². The minimum Gasteiger partial charge on any atom is -0.311 e. The lowest BCUT2D eigenvalue weighted by Gasteiger charge is -2.25. The average molecular weight is 461 g/mol. The molecular weight excluding hydrogens is 441 g/mol. The van der Waals surface area contributed by atoms with Crippen molar-refractivity contribution < 1.29 is 13.2 Å². The van der Waals surface area contributed by atoms with E-state index in [0.29, 0.717) is 42.5 Å². The van der Waals surface area contributed by atoms with E-state index < -0.39 is 23.0 Å². The highest BCUT2D eigenvalue weighted by Gasteiger charge is 2.35. The molecule has 1 atom stereocenters. The molecule has 0 bridgehead atoms. The molecule has 32 heavy (non-hydrogen) atoms. The van der Waals surface area contributed by atoms with Crippen molar-refractivity contribution >= 4 is 17.2 Å². The number of hydrogen-bond donors (Lipinski definition) is 2. The summed E-state index contributed by atoms with van der Waals surface area (Å²) in [6, 6.07) is 13.2. The van der Waals surface area contributed by atoms with Gasteiger partial charge in [-0.05, 0) is 48.1 Å². The van der Waals surface area contributed by atoms with Crippen LogP contribution < -0.4 is 11.2 Å². The highest BCUT2D eigenvalue weighted by Crippen LogP contribution is 2.41. The van der Waals surface area contributed by atoms with E-state index in [-0.39, 0.29) is 16.5 Å². The van der Waals surface area contributed by atoms with Crippen molar-refractivity contribution in [2.45, 2.75) is 37.8 Å². The maximum absolute atomic E-state index is 13.5. The van der Waals surface area contributed by atoms with E-state index in [2.05, 4.69) is 9.97 Å². The highest BCUT2D eigenvalue weighted by atomic mass is 35.5. The monoisotopic (exact) mass is 460 g/mol. The molecule has 2 aromatic carbocycles. The van der Waals surface area contributed by atoms with Crippen LogP contribution in [0, 0.1) is 0 Å². The molecule has 1 aromatic heterocycles. The Labute approximate surface area is 186 Å². The van der Waals surface area contributed by atoms with Crippen molar-refractivity contribution in [2.24, 2.45) is 0 Å². The average Bonchev–Trinajstić information content (AvgIpc) is 2.76. The minimum atomic E-state index is -4.52. The summed E-state index contributed by atoms with van der Waals surface area (Å²) in [4.78, 5) is 29.6. The number of hydrogen-bond acceptors (Lipinski definition) is 2. The summed E-state index contributed by atoms with van der Waals surface area (Å²) in [5.74, 6) is -0.172. The first-order chi connectivity index (χ1) is 15.2. The van der Waals surface area contributed by atoms with E-state index in [1.807, 2.05) is 30.3 Å². The molecule has 0 amide bonds. The number of allylic oxidation sites excluding steroid dienone is 2. The van der Waals surface area contributed by atoms with E-state index in [9.17, 15) is 22.8 Å². The standard InChI is InChI=1S/C24H20ClF3N2O2/c25-17-10-11-18(20(13-17)24(26,27)28)15-6-8-16(9-7-15)21-19(22(31)30-23(32)29-21)12-14-4-2-1-3-5-14/h1-6,10-11,13,16H,7-9,12H2,(H2,29,30,31,32)/t16-/m1/s1. The fourth-order valence-corrected chi connectivity index (χ4v) is 4.40. The Kier molecular flexibility index (Phi) is 6.11. The minimum absolute atomic E-state index is 0.0296. The van der Waals surface area contributed by atoms with Crippen molar-refractivity contribution in [1.29, 1.82) is 0 Å². The van der Waals surface area contributed by atoms with Gasteiger partial charge in [-0.2, -0.15) is 13.2 Å². The molecule has 4 nitrogen and oxygen atoms in total. The molecule has 0 radical (unpaired) electrons. The summed E-state index contributed by atoms with van der Waals surface area (Å²) in [6.45, 7) is 0. The van der Waals surface area contributed by atoms with Gasteiger partial charge in [0.25, 0.3) is 5.56 Å². The SMILES string of the molecule is O=c1[nH]c([C@@H]2CC=C(c3ccc(Cl)cc3C(F)(F)F)CC2)c(Cc2ccccc2)c(=O)[nH]1. The topological polar surface area (TPSA) is 65.7 Å². The number of H-pyrrole nitrogens is 2. The Morgan fingerprint density at radius 3 is 2.44 bits per heavy atom. The molecule has 0 saturated carbocycles. The van der Waals surface area contributed by atoms with Gasteiger partial charge >= 0.3 is 11.9 Å². The first-order valence-corrected chi connectivity index (χ1v) is 10.6. The van der Waals surface area contributed by atoms with Crippen LogP contribution in [0.1, 0.15) is 53.1 Å². The van der Waals surface area contributed by atoms with Gasteiger partial charge in [0, 0.05) is 28.6 Å². The van der Waals surface area contributed by atoms with Crippen LogP contribution in [-0.2, 0) is 12.6 Å². The molecule has 0 saturated heterocycles. The lowest BCUT2D eigenvalue weighted by molar-refractivity contribution is -0.137. The summed E-state index contributed by atoms with van der Waals surface area (Å²) >= 11 is 5.79. The molecule has 2 N–H and O–H groups in total. The van der Waals surface area contributed by atoms with Gasteiger partial charge in [0.15, 0.2) is 0 Å². The van der Waals surface area contributed by atoms with Crippen LogP contribution in [0.15, 0.2) is 64.2 Å². The van der Waals surface area contributed by atoms with Gasteiger partial charge in [-0.15, -0.1) is 0 Å². The Hall–Kier alpha value is -3.06. The van der Waals surface area contributed by atoms with Crippen molar-refractivity contribution in [3.8, 4) is 0 Å². The molecule has 8 heteroatoms. The lowest BCUT2D eigenvalue weighted by atomic mass is 9.82. The van der Waals surface area contributed by atoms with Gasteiger partial charge in [-0.1, -0.05) is 54.1 Å². The normalized spacial score (nSPS) is 16.6. The zero-order valence-electron chi connectivity index (χ0n) is 16.9. The highest BCUT2D eigenvalue weighted by molar-refractivity contribution is 6.30. The van der Waals surface area contributed by atoms with Gasteiger partial charge < -0.3 is 4.98 Å². The number of aromatic nitrogens is 2. The number of nitrogens with one attached hydrogen (secondary N) is 2. The molecule has 0 aliphatic heterocycles. The molecule has 4 rings (SSSR count). The van der Waals surface area contributed by atoms with E-state index in [0.717, 1.165) is 11.6 Å². The molecule has 0 unspecified atom stereocenters. The summed E-state index contributed by atoms with van der Waals surface area (Å²) in [5, 5.41) is 0.0296. The quantitative estimate of drug-likeness (QED) is 0.526. The van der Waals surface area contributed by atoms with Crippen molar-refractivity contribution in [3.63, 3.8) is 0 Å². The Morgan fingerprint density at radius 2 is 1.78 bits per heavy atom. The van der Waals surface area contributed by atoms with E-state index >= 15 is 0 Å². The van der Waals surface area contributed by atoms with Crippen LogP contribution >= 0.6 is 11.6 Å². The largest absolute Gasteiger partial charge is 0.417 e. The van der Waals surface area contributed by atoms with Gasteiger partial charge in [0.05, 0.1) is 5.56 Å². The van der Waals surface area contributed by atoms with Crippen LogP contribution in [0.2, 0.25) is 5.02 Å². The van der Waals surface area contributed by atoms with Gasteiger partial charge in [0.2, 0.25) is 0 Å². The van der Waals surface area contributed by atoms with Crippen molar-refractivity contribution in [3.05, 3.63) is 108 Å². The fraction of sp³-hybridized carbons (Fsp3) is 0.250. The molecular formula is C24H20ClF3N2O2. The number of rotatable bonds is 4. The number of alkyl halides is 3. The molecule has 0 fully saturated rings. The summed E-state index contributed by atoms with van der Waals surface area (Å²) in [7, 11) is 0. The maximum Gasteiger partial charge on any atom is 0.417 e. The fourth-order valence-electron chi connectivity index (χ4n) is 4.23. The van der Waals surface area contributed by atoms with E-state index in [1.54, 1.807) is 6.08 Å². The Balaban J connectivity index is 1.67. The Bertz CT molecular complexity index is 1280. The predicted octanol–water partition coefficient (Wildman–Crippen LogP) is 5.68. The van der Waals surface area contributed by atoms with Crippen LogP contribution in [0.3, 0.4) is 0 Å².